The van der Waals surface area contributed by atoms with Crippen LogP contribution in [0.3, 0.4) is 0 Å². The van der Waals surface area contributed by atoms with E-state index in [-0.39, 0.29) is 18.6 Å². The first kappa shape index (κ1) is 20.8. The molecule has 2 atom stereocenters. The summed E-state index contributed by atoms with van der Waals surface area (Å²) in [7, 11) is -1.04. The van der Waals surface area contributed by atoms with Crippen molar-refractivity contribution in [3.8, 4) is 0 Å². The van der Waals surface area contributed by atoms with Gasteiger partial charge in [0.05, 0.1) is 26.4 Å². The maximum Gasteiger partial charge on any atom is 0.492 e. The zero-order chi connectivity index (χ0) is 20.3. The van der Waals surface area contributed by atoms with Crippen molar-refractivity contribution < 1.29 is 33.5 Å². The SMILES string of the molecule is Cc1c(C(=O)N[C@H](C(=O)OCC2COCCO2)C(C)C)ccc2c1B(O)OC2. The van der Waals surface area contributed by atoms with E-state index >= 15 is 0 Å². The molecule has 1 unspecified atom stereocenters. The minimum atomic E-state index is -1.04. The van der Waals surface area contributed by atoms with E-state index in [2.05, 4.69) is 5.32 Å². The van der Waals surface area contributed by atoms with Gasteiger partial charge in [-0.1, -0.05) is 19.9 Å². The first-order valence-electron chi connectivity index (χ1n) is 9.47. The van der Waals surface area contributed by atoms with Crippen LogP contribution in [0.25, 0.3) is 0 Å². The van der Waals surface area contributed by atoms with Crippen molar-refractivity contribution in [2.24, 2.45) is 5.92 Å². The van der Waals surface area contributed by atoms with Gasteiger partial charge in [-0.05, 0) is 35.5 Å². The van der Waals surface area contributed by atoms with E-state index in [0.29, 0.717) is 43.0 Å². The number of nitrogens with one attached hydrogen (secondary N) is 1. The predicted molar refractivity (Wildman–Crippen MR) is 101 cm³/mol. The van der Waals surface area contributed by atoms with E-state index in [1.165, 1.54) is 0 Å². The number of esters is 1. The van der Waals surface area contributed by atoms with Crippen molar-refractivity contribution in [3.63, 3.8) is 0 Å². The first-order chi connectivity index (χ1) is 13.4. The molecule has 2 aliphatic heterocycles. The van der Waals surface area contributed by atoms with Crippen LogP contribution >= 0.6 is 0 Å². The zero-order valence-corrected chi connectivity index (χ0v) is 16.4. The van der Waals surface area contributed by atoms with E-state index in [1.807, 2.05) is 13.8 Å². The molecule has 2 aliphatic rings. The highest BCUT2D eigenvalue weighted by molar-refractivity contribution is 6.62. The summed E-state index contributed by atoms with van der Waals surface area (Å²) >= 11 is 0. The Hall–Kier alpha value is -1.94. The molecule has 1 fully saturated rings. The summed E-state index contributed by atoms with van der Waals surface area (Å²) in [5.74, 6) is -1.07. The number of carbonyl (C=O) groups excluding carboxylic acids is 2. The molecule has 28 heavy (non-hydrogen) atoms. The van der Waals surface area contributed by atoms with Crippen LogP contribution in [0.5, 0.6) is 0 Å². The quantitative estimate of drug-likeness (QED) is 0.517. The number of benzene rings is 1. The topological polar surface area (TPSA) is 103 Å². The van der Waals surface area contributed by atoms with Crippen LogP contribution < -0.4 is 10.8 Å². The van der Waals surface area contributed by atoms with E-state index in [9.17, 15) is 14.6 Å². The second-order valence-corrected chi connectivity index (χ2v) is 7.37. The first-order valence-corrected chi connectivity index (χ1v) is 9.47. The molecule has 3 rings (SSSR count). The summed E-state index contributed by atoms with van der Waals surface area (Å²) in [5, 5.41) is 12.7. The fraction of sp³-hybridized carbons (Fsp3) is 0.579. The van der Waals surface area contributed by atoms with Crippen molar-refractivity contribution in [1.29, 1.82) is 0 Å². The van der Waals surface area contributed by atoms with E-state index in [0.717, 1.165) is 5.56 Å². The molecule has 1 aromatic carbocycles. The molecule has 0 saturated carbocycles. The molecule has 1 aromatic rings. The summed E-state index contributed by atoms with van der Waals surface area (Å²) in [6.07, 6.45) is -0.290. The number of hydrogen-bond donors (Lipinski definition) is 2. The molecule has 2 N–H and O–H groups in total. The molecule has 0 bridgehead atoms. The van der Waals surface area contributed by atoms with Crippen LogP contribution in [0.4, 0.5) is 0 Å². The lowest BCUT2D eigenvalue weighted by Gasteiger charge is -2.25. The highest BCUT2D eigenvalue weighted by Crippen LogP contribution is 2.17. The largest absolute Gasteiger partial charge is 0.492 e. The molecule has 1 saturated heterocycles. The van der Waals surface area contributed by atoms with Crippen LogP contribution in [0.2, 0.25) is 0 Å². The lowest BCUT2D eigenvalue weighted by atomic mass is 9.75. The monoisotopic (exact) mass is 391 g/mol. The van der Waals surface area contributed by atoms with Gasteiger partial charge in [0.25, 0.3) is 5.91 Å². The van der Waals surface area contributed by atoms with Gasteiger partial charge in [0.1, 0.15) is 18.8 Å². The van der Waals surface area contributed by atoms with Crippen LogP contribution in [0.15, 0.2) is 12.1 Å². The summed E-state index contributed by atoms with van der Waals surface area (Å²) in [5.41, 5.74) is 2.51. The Balaban J connectivity index is 1.66. The van der Waals surface area contributed by atoms with Gasteiger partial charge in [-0.15, -0.1) is 0 Å². The van der Waals surface area contributed by atoms with E-state index in [4.69, 9.17) is 18.9 Å². The van der Waals surface area contributed by atoms with Gasteiger partial charge < -0.3 is 29.2 Å². The summed E-state index contributed by atoms with van der Waals surface area (Å²) in [4.78, 5) is 25.3. The Morgan fingerprint density at radius 2 is 2.14 bits per heavy atom. The van der Waals surface area contributed by atoms with Crippen LogP contribution in [-0.4, -0.2) is 62.6 Å². The summed E-state index contributed by atoms with van der Waals surface area (Å²) in [6, 6.07) is 2.64. The van der Waals surface area contributed by atoms with Crippen molar-refractivity contribution in [2.75, 3.05) is 26.4 Å². The number of carbonyl (C=O) groups is 2. The van der Waals surface area contributed by atoms with Crippen LogP contribution in [-0.2, 0) is 30.3 Å². The van der Waals surface area contributed by atoms with E-state index in [1.54, 1.807) is 19.1 Å². The van der Waals surface area contributed by atoms with Gasteiger partial charge in [-0.3, -0.25) is 4.79 Å². The number of amides is 1. The normalized spacial score (nSPS) is 20.0. The molecular weight excluding hydrogens is 365 g/mol. The van der Waals surface area contributed by atoms with Crippen molar-refractivity contribution in [1.82, 2.24) is 5.32 Å². The van der Waals surface area contributed by atoms with Gasteiger partial charge in [-0.2, -0.15) is 0 Å². The highest BCUT2D eigenvalue weighted by Gasteiger charge is 2.33. The zero-order valence-electron chi connectivity index (χ0n) is 16.4. The fourth-order valence-electron chi connectivity index (χ4n) is 3.37. The Labute approximate surface area is 164 Å². The third kappa shape index (κ3) is 4.55. The molecule has 9 heteroatoms. The maximum atomic E-state index is 12.8. The average molecular weight is 391 g/mol. The number of ether oxygens (including phenoxy) is 3. The van der Waals surface area contributed by atoms with Gasteiger partial charge in [0, 0.05) is 5.56 Å². The number of hydrogen-bond acceptors (Lipinski definition) is 7. The standard InChI is InChI=1S/C19H26BNO7/c1-11(2)17(19(23)27-10-14-9-25-6-7-26-14)21-18(22)15-5-4-13-8-28-20(24)16(13)12(15)3/h4-5,11,14,17,24H,6-10H2,1-3H3,(H,21,22)/t14?,17-/m0/s1. The smallest absolute Gasteiger partial charge is 0.461 e. The third-order valence-corrected chi connectivity index (χ3v) is 5.00. The molecule has 152 valence electrons. The Kier molecular flexibility index (Phi) is 6.71. The summed E-state index contributed by atoms with van der Waals surface area (Å²) < 4.78 is 21.3. The number of rotatable bonds is 6. The molecule has 2 heterocycles. The molecule has 0 spiro atoms. The van der Waals surface area contributed by atoms with Crippen molar-refractivity contribution >= 4 is 24.5 Å². The predicted octanol–water partition coefficient (Wildman–Crippen LogP) is -0.0743. The highest BCUT2D eigenvalue weighted by atomic mass is 16.6. The summed E-state index contributed by atoms with van der Waals surface area (Å²) in [6.45, 7) is 7.21. The Bertz CT molecular complexity index is 733. The molecule has 0 aliphatic carbocycles. The van der Waals surface area contributed by atoms with Gasteiger partial charge in [-0.25, -0.2) is 4.79 Å². The number of fused-ring (bicyclic) bond motifs is 1. The van der Waals surface area contributed by atoms with E-state index < -0.39 is 25.0 Å². The molecule has 1 amide bonds. The minimum Gasteiger partial charge on any atom is -0.461 e. The average Bonchev–Trinajstić information content (AvgIpc) is 3.06. The maximum absolute atomic E-state index is 12.8. The van der Waals surface area contributed by atoms with Crippen LogP contribution in [0, 0.1) is 12.8 Å². The molecule has 0 radical (unpaired) electrons. The molecule has 0 aromatic heterocycles. The Morgan fingerprint density at radius 1 is 1.36 bits per heavy atom. The fourth-order valence-corrected chi connectivity index (χ4v) is 3.37. The minimum absolute atomic E-state index is 0.0827. The molecular formula is C19H26BNO7. The van der Waals surface area contributed by atoms with Crippen LogP contribution in [0.1, 0.15) is 35.3 Å². The Morgan fingerprint density at radius 3 is 2.82 bits per heavy atom. The van der Waals surface area contributed by atoms with Crippen molar-refractivity contribution in [3.05, 3.63) is 28.8 Å². The lowest BCUT2D eigenvalue weighted by Crippen LogP contribution is -2.47. The van der Waals surface area contributed by atoms with Gasteiger partial charge in [0.15, 0.2) is 0 Å². The third-order valence-electron chi connectivity index (χ3n) is 5.00. The second-order valence-electron chi connectivity index (χ2n) is 7.37. The lowest BCUT2D eigenvalue weighted by molar-refractivity contribution is -0.158. The molecule has 8 nitrogen and oxygen atoms in total. The van der Waals surface area contributed by atoms with Crippen molar-refractivity contribution in [2.45, 2.75) is 39.5 Å². The van der Waals surface area contributed by atoms with Gasteiger partial charge >= 0.3 is 13.1 Å². The second kappa shape index (κ2) is 9.04. The van der Waals surface area contributed by atoms with Gasteiger partial charge in [0.2, 0.25) is 0 Å².